The first-order valence-electron chi connectivity index (χ1n) is 9.42. The summed E-state index contributed by atoms with van der Waals surface area (Å²) in [5, 5.41) is 0. The largest absolute Gasteiger partial charge is 0.464 e. The van der Waals surface area contributed by atoms with E-state index in [-0.39, 0.29) is 12.4 Å². The molecule has 1 aromatic rings. The van der Waals surface area contributed by atoms with Crippen LogP contribution < -0.4 is 4.74 Å². The molecule has 0 amide bonds. The number of hydrogen-bond donors (Lipinski definition) is 0. The lowest BCUT2D eigenvalue weighted by Gasteiger charge is -2.07. The second-order valence-corrected chi connectivity index (χ2v) is 7.09. The molecule has 0 unspecified atom stereocenters. The average Bonchev–Trinajstić information content (AvgIpc) is 2.62. The molecule has 27 heavy (non-hydrogen) atoms. The molecule has 0 spiro atoms. The Kier molecular flexibility index (Phi) is 12.7. The quantitative estimate of drug-likeness (QED) is 0.223. The number of unbranched alkanes of at least 4 members (excludes halogenated alkanes) is 7. The summed E-state index contributed by atoms with van der Waals surface area (Å²) in [6.07, 6.45) is 9.37. The van der Waals surface area contributed by atoms with E-state index in [1.807, 2.05) is 0 Å². The van der Waals surface area contributed by atoms with E-state index >= 15 is 0 Å². The van der Waals surface area contributed by atoms with Crippen LogP contribution in [0.4, 0.5) is 4.39 Å². The van der Waals surface area contributed by atoms with Crippen molar-refractivity contribution in [3.63, 3.8) is 0 Å². The molecule has 1 aromatic carbocycles. The van der Waals surface area contributed by atoms with Crippen LogP contribution >= 0.6 is 15.9 Å². The predicted octanol–water partition coefficient (Wildman–Crippen LogP) is 5.19. The van der Waals surface area contributed by atoms with Crippen molar-refractivity contribution in [3.8, 4) is 5.75 Å². The molecule has 0 aliphatic heterocycles. The van der Waals surface area contributed by atoms with E-state index in [9.17, 15) is 14.0 Å². The van der Waals surface area contributed by atoms with Gasteiger partial charge in [0.25, 0.3) is 0 Å². The van der Waals surface area contributed by atoms with Crippen LogP contribution in [0.2, 0.25) is 0 Å². The van der Waals surface area contributed by atoms with Gasteiger partial charge < -0.3 is 14.2 Å². The lowest BCUT2D eigenvalue weighted by Crippen LogP contribution is -2.20. The Balaban J connectivity index is 2.02. The number of halogens is 2. The summed E-state index contributed by atoms with van der Waals surface area (Å²) >= 11 is 3.10. The summed E-state index contributed by atoms with van der Waals surface area (Å²) in [5.74, 6) is -1.45. The number of hydrogen-bond acceptors (Lipinski definition) is 5. The molecule has 0 heterocycles. The van der Waals surface area contributed by atoms with Crippen molar-refractivity contribution in [2.75, 3.05) is 19.8 Å². The third-order valence-electron chi connectivity index (χ3n) is 3.82. The van der Waals surface area contributed by atoms with Gasteiger partial charge in [0, 0.05) is 0 Å². The minimum atomic E-state index is -0.682. The highest BCUT2D eigenvalue weighted by atomic mass is 79.9. The third kappa shape index (κ3) is 11.8. The van der Waals surface area contributed by atoms with Gasteiger partial charge in [-0.3, -0.25) is 0 Å². The van der Waals surface area contributed by atoms with Crippen LogP contribution in [0, 0.1) is 5.82 Å². The first kappa shape index (κ1) is 23.6. The molecule has 1 rings (SSSR count). The first-order valence-corrected chi connectivity index (χ1v) is 10.2. The van der Waals surface area contributed by atoms with Gasteiger partial charge in [-0.2, -0.15) is 0 Å². The molecule has 0 aliphatic rings. The van der Waals surface area contributed by atoms with Gasteiger partial charge in [-0.25, -0.2) is 14.0 Å². The zero-order valence-corrected chi connectivity index (χ0v) is 17.4. The molecule has 152 valence electrons. The Morgan fingerprint density at radius 3 is 2.26 bits per heavy atom. The van der Waals surface area contributed by atoms with Crippen molar-refractivity contribution in [3.05, 3.63) is 28.5 Å². The highest BCUT2D eigenvalue weighted by Gasteiger charge is 2.11. The van der Waals surface area contributed by atoms with Gasteiger partial charge in [-0.1, -0.05) is 51.9 Å². The molecule has 0 aromatic heterocycles. The molecule has 0 bridgehead atoms. The minimum absolute atomic E-state index is 0.183. The minimum Gasteiger partial charge on any atom is -0.464 e. The molecule has 0 fully saturated rings. The molecule has 0 saturated carbocycles. The summed E-state index contributed by atoms with van der Waals surface area (Å²) in [4.78, 5) is 23.2. The summed E-state index contributed by atoms with van der Waals surface area (Å²) in [7, 11) is 0. The van der Waals surface area contributed by atoms with E-state index in [0.717, 1.165) is 19.3 Å². The van der Waals surface area contributed by atoms with Crippen LogP contribution in [0.15, 0.2) is 22.7 Å². The Labute approximate surface area is 168 Å². The molecule has 0 saturated heterocycles. The van der Waals surface area contributed by atoms with Crippen LogP contribution in [0.25, 0.3) is 0 Å². The van der Waals surface area contributed by atoms with Crippen LogP contribution in [-0.4, -0.2) is 31.8 Å². The Morgan fingerprint density at radius 2 is 1.59 bits per heavy atom. The molecule has 5 nitrogen and oxygen atoms in total. The van der Waals surface area contributed by atoms with Crippen molar-refractivity contribution in [1.29, 1.82) is 0 Å². The van der Waals surface area contributed by atoms with Crippen LogP contribution in [0.1, 0.15) is 58.3 Å². The maximum Gasteiger partial charge on any atom is 0.337 e. The number of esters is 2. The summed E-state index contributed by atoms with van der Waals surface area (Å²) in [6, 6.07) is 3.69. The molecular weight excluding hydrogens is 419 g/mol. The fourth-order valence-corrected chi connectivity index (χ4v) is 2.82. The number of carbonyl (C=O) groups excluding carboxylic acids is 2. The second kappa shape index (κ2) is 14.6. The van der Waals surface area contributed by atoms with E-state index in [4.69, 9.17) is 14.2 Å². The van der Waals surface area contributed by atoms with Crippen molar-refractivity contribution in [1.82, 2.24) is 0 Å². The summed E-state index contributed by atoms with van der Waals surface area (Å²) in [6.45, 7) is 1.86. The number of rotatable bonds is 14. The predicted molar refractivity (Wildman–Crippen MR) is 104 cm³/mol. The number of ether oxygens (including phenoxy) is 3. The fraction of sp³-hybridized carbons (Fsp3) is 0.600. The summed E-state index contributed by atoms with van der Waals surface area (Å²) in [5.41, 5.74) is 0. The zero-order valence-electron chi connectivity index (χ0n) is 15.8. The maximum absolute atomic E-state index is 13.0. The normalized spacial score (nSPS) is 10.6. The van der Waals surface area contributed by atoms with E-state index in [2.05, 4.69) is 22.9 Å². The standard InChI is InChI=1S/C20H28BrFO5/c1-2-3-4-5-6-7-8-9-12-26-19(23)14-25-15-20(24)27-18-11-10-16(22)13-17(18)21/h10-11,13H,2-9,12,14-15H2,1H3. The number of carbonyl (C=O) groups is 2. The van der Waals surface area contributed by atoms with Gasteiger partial charge in [-0.15, -0.1) is 0 Å². The Bertz CT molecular complexity index is 579. The Hall–Kier alpha value is -1.47. The molecule has 0 aliphatic carbocycles. The van der Waals surface area contributed by atoms with Crippen molar-refractivity contribution >= 4 is 27.9 Å². The van der Waals surface area contributed by atoms with E-state index in [0.29, 0.717) is 11.1 Å². The van der Waals surface area contributed by atoms with Crippen molar-refractivity contribution in [2.24, 2.45) is 0 Å². The number of benzene rings is 1. The van der Waals surface area contributed by atoms with E-state index in [1.54, 1.807) is 0 Å². The zero-order chi connectivity index (χ0) is 19.9. The van der Waals surface area contributed by atoms with Crippen LogP contribution in [-0.2, 0) is 19.1 Å². The van der Waals surface area contributed by atoms with Crippen LogP contribution in [0.3, 0.4) is 0 Å². The molecule has 0 radical (unpaired) electrons. The first-order chi connectivity index (χ1) is 13.0. The van der Waals surface area contributed by atoms with Crippen molar-refractivity contribution < 1.29 is 28.2 Å². The van der Waals surface area contributed by atoms with E-state index < -0.39 is 24.4 Å². The smallest absolute Gasteiger partial charge is 0.337 e. The lowest BCUT2D eigenvalue weighted by molar-refractivity contribution is -0.152. The topological polar surface area (TPSA) is 61.8 Å². The average molecular weight is 447 g/mol. The fourth-order valence-electron chi connectivity index (χ4n) is 2.39. The monoisotopic (exact) mass is 446 g/mol. The molecule has 7 heteroatoms. The second-order valence-electron chi connectivity index (χ2n) is 6.24. The van der Waals surface area contributed by atoms with Gasteiger partial charge in [0.15, 0.2) is 0 Å². The Morgan fingerprint density at radius 1 is 0.963 bits per heavy atom. The molecule has 0 atom stereocenters. The highest BCUT2D eigenvalue weighted by Crippen LogP contribution is 2.25. The van der Waals surface area contributed by atoms with Gasteiger partial charge in [0.1, 0.15) is 24.8 Å². The van der Waals surface area contributed by atoms with Gasteiger partial charge in [0.2, 0.25) is 0 Å². The van der Waals surface area contributed by atoms with Crippen LogP contribution in [0.5, 0.6) is 5.75 Å². The lowest BCUT2D eigenvalue weighted by atomic mass is 10.1. The van der Waals surface area contributed by atoms with Gasteiger partial charge in [0.05, 0.1) is 11.1 Å². The SMILES string of the molecule is CCCCCCCCCCOC(=O)COCC(=O)Oc1ccc(F)cc1Br. The van der Waals surface area contributed by atoms with E-state index in [1.165, 1.54) is 50.3 Å². The highest BCUT2D eigenvalue weighted by molar-refractivity contribution is 9.10. The summed E-state index contributed by atoms with van der Waals surface area (Å²) < 4.78 is 28.3. The molecular formula is C20H28BrFO5. The molecule has 0 N–H and O–H groups in total. The maximum atomic E-state index is 13.0. The van der Waals surface area contributed by atoms with Gasteiger partial charge >= 0.3 is 11.9 Å². The van der Waals surface area contributed by atoms with Gasteiger partial charge in [-0.05, 0) is 40.5 Å². The third-order valence-corrected chi connectivity index (χ3v) is 4.44. The van der Waals surface area contributed by atoms with Crippen molar-refractivity contribution in [2.45, 2.75) is 58.3 Å².